The number of carbonyl (C=O) groups excluding carboxylic acids is 1. The van der Waals surface area contributed by atoms with Gasteiger partial charge in [0, 0.05) is 31.5 Å². The Labute approximate surface area is 157 Å². The number of carbonyl (C=O) groups is 1. The van der Waals surface area contributed by atoms with Crippen LogP contribution in [0.1, 0.15) is 42.8 Å². The zero-order valence-electron chi connectivity index (χ0n) is 14.9. The van der Waals surface area contributed by atoms with Gasteiger partial charge in [-0.2, -0.15) is 4.98 Å². The molecule has 26 heavy (non-hydrogen) atoms. The van der Waals surface area contributed by atoms with Gasteiger partial charge in [-0.05, 0) is 24.6 Å². The van der Waals surface area contributed by atoms with Crippen molar-refractivity contribution in [2.24, 2.45) is 0 Å². The van der Waals surface area contributed by atoms with Gasteiger partial charge >= 0.3 is 0 Å². The predicted molar refractivity (Wildman–Crippen MR) is 94.8 cm³/mol. The average molecular weight is 380 g/mol. The fraction of sp³-hybridized carbons (Fsp3) is 0.500. The van der Waals surface area contributed by atoms with E-state index in [1.807, 2.05) is 36.1 Å². The molecule has 1 fully saturated rings. The topological polar surface area (TPSA) is 77.7 Å². The smallest absolute Gasteiger partial charge is 0.227 e. The molecule has 7 nitrogen and oxygen atoms in total. The van der Waals surface area contributed by atoms with Crippen molar-refractivity contribution in [2.75, 3.05) is 26.8 Å². The summed E-state index contributed by atoms with van der Waals surface area (Å²) in [5.74, 6) is 0.982. The van der Waals surface area contributed by atoms with Gasteiger partial charge in [0.25, 0.3) is 0 Å². The van der Waals surface area contributed by atoms with Gasteiger partial charge < -0.3 is 18.9 Å². The van der Waals surface area contributed by atoms with Gasteiger partial charge in [0.2, 0.25) is 11.8 Å². The van der Waals surface area contributed by atoms with Crippen molar-refractivity contribution in [3.05, 3.63) is 46.6 Å². The van der Waals surface area contributed by atoms with Crippen LogP contribution < -0.4 is 0 Å². The summed E-state index contributed by atoms with van der Waals surface area (Å²) >= 11 is 5.93. The number of nitrogens with zero attached hydrogens (tertiary/aromatic N) is 3. The number of ether oxygens (including phenoxy) is 2. The lowest BCUT2D eigenvalue weighted by Gasteiger charge is -2.33. The van der Waals surface area contributed by atoms with Crippen LogP contribution in [0.25, 0.3) is 0 Å². The van der Waals surface area contributed by atoms with Crippen molar-refractivity contribution in [1.82, 2.24) is 15.0 Å². The third-order valence-electron chi connectivity index (χ3n) is 4.41. The number of methoxy groups -OCH3 is 1. The molecule has 1 saturated heterocycles. The highest BCUT2D eigenvalue weighted by atomic mass is 35.5. The molecule has 3 rings (SSSR count). The number of benzene rings is 1. The first-order chi connectivity index (χ1) is 12.6. The first-order valence-corrected chi connectivity index (χ1v) is 8.94. The first kappa shape index (κ1) is 18.8. The zero-order chi connectivity index (χ0) is 18.5. The van der Waals surface area contributed by atoms with Crippen LogP contribution in [0.4, 0.5) is 0 Å². The second-order valence-electron chi connectivity index (χ2n) is 6.17. The molecule has 0 bridgehead atoms. The maximum atomic E-state index is 12.5. The summed E-state index contributed by atoms with van der Waals surface area (Å²) in [4.78, 5) is 18.6. The summed E-state index contributed by atoms with van der Waals surface area (Å²) in [5, 5.41) is 4.55. The van der Waals surface area contributed by atoms with E-state index in [9.17, 15) is 4.79 Å². The SMILES string of the molecule is CO[C@H](C)c1noc(CCC(=O)N2CCO[C@@H](c3ccc(Cl)cc3)C2)n1. The van der Waals surface area contributed by atoms with Crippen LogP contribution in [0.2, 0.25) is 5.02 Å². The third-order valence-corrected chi connectivity index (χ3v) is 4.67. The molecular formula is C18H22ClN3O4. The number of aromatic nitrogens is 2. The molecule has 2 heterocycles. The first-order valence-electron chi connectivity index (χ1n) is 8.57. The monoisotopic (exact) mass is 379 g/mol. The summed E-state index contributed by atoms with van der Waals surface area (Å²) in [6.45, 7) is 3.45. The molecule has 140 valence electrons. The van der Waals surface area contributed by atoms with Crippen molar-refractivity contribution in [2.45, 2.75) is 32.0 Å². The van der Waals surface area contributed by atoms with Crippen LogP contribution in [-0.4, -0.2) is 47.8 Å². The van der Waals surface area contributed by atoms with E-state index < -0.39 is 0 Å². The summed E-state index contributed by atoms with van der Waals surface area (Å²) in [5.41, 5.74) is 1.02. The number of halogens is 1. The second kappa shape index (κ2) is 8.62. The summed E-state index contributed by atoms with van der Waals surface area (Å²) in [7, 11) is 1.58. The maximum absolute atomic E-state index is 12.5. The minimum absolute atomic E-state index is 0.0480. The number of morpholine rings is 1. The number of hydrogen-bond donors (Lipinski definition) is 0. The summed E-state index contributed by atoms with van der Waals surface area (Å²) < 4.78 is 16.1. The fourth-order valence-electron chi connectivity index (χ4n) is 2.77. The highest BCUT2D eigenvalue weighted by molar-refractivity contribution is 6.30. The van der Waals surface area contributed by atoms with Crippen molar-refractivity contribution >= 4 is 17.5 Å². The normalized spacial score (nSPS) is 18.7. The Morgan fingerprint density at radius 1 is 1.42 bits per heavy atom. The molecule has 1 aliphatic heterocycles. The van der Waals surface area contributed by atoms with Crippen molar-refractivity contribution < 1.29 is 18.8 Å². The largest absolute Gasteiger partial charge is 0.374 e. The van der Waals surface area contributed by atoms with E-state index in [2.05, 4.69) is 10.1 Å². The molecule has 0 radical (unpaired) electrons. The molecule has 2 atom stereocenters. The van der Waals surface area contributed by atoms with E-state index in [1.165, 1.54) is 0 Å². The Balaban J connectivity index is 1.54. The molecule has 0 unspecified atom stereocenters. The van der Waals surface area contributed by atoms with Crippen LogP contribution >= 0.6 is 11.6 Å². The van der Waals surface area contributed by atoms with E-state index in [0.29, 0.717) is 49.3 Å². The molecule has 1 aromatic heterocycles. The molecule has 0 aliphatic carbocycles. The van der Waals surface area contributed by atoms with Crippen LogP contribution in [0, 0.1) is 0 Å². The standard InChI is InChI=1S/C18H22ClN3O4/c1-12(24-2)18-20-16(26-21-18)7-8-17(23)22-9-10-25-15(11-22)13-3-5-14(19)6-4-13/h3-6,12,15H,7-11H2,1-2H3/t12-,15-/m1/s1. The van der Waals surface area contributed by atoms with Gasteiger partial charge in [-0.3, -0.25) is 4.79 Å². The highest BCUT2D eigenvalue weighted by Gasteiger charge is 2.25. The molecule has 1 aromatic carbocycles. The second-order valence-corrected chi connectivity index (χ2v) is 6.61. The van der Waals surface area contributed by atoms with Gasteiger partial charge in [0.05, 0.1) is 13.2 Å². The lowest BCUT2D eigenvalue weighted by molar-refractivity contribution is -0.139. The van der Waals surface area contributed by atoms with Crippen LogP contribution in [-0.2, 0) is 20.7 Å². The zero-order valence-corrected chi connectivity index (χ0v) is 15.6. The van der Waals surface area contributed by atoms with Gasteiger partial charge in [-0.25, -0.2) is 0 Å². The molecule has 1 amide bonds. The lowest BCUT2D eigenvalue weighted by Crippen LogP contribution is -2.42. The minimum atomic E-state index is -0.234. The van der Waals surface area contributed by atoms with E-state index in [1.54, 1.807) is 7.11 Å². The van der Waals surface area contributed by atoms with Gasteiger partial charge in [-0.15, -0.1) is 0 Å². The van der Waals surface area contributed by atoms with E-state index in [0.717, 1.165) is 5.56 Å². The Morgan fingerprint density at radius 2 is 2.19 bits per heavy atom. The molecule has 0 spiro atoms. The van der Waals surface area contributed by atoms with E-state index in [-0.39, 0.29) is 18.1 Å². The fourth-order valence-corrected chi connectivity index (χ4v) is 2.89. The molecule has 0 N–H and O–H groups in total. The molecule has 2 aromatic rings. The quantitative estimate of drug-likeness (QED) is 0.767. The molecule has 8 heteroatoms. The Morgan fingerprint density at radius 3 is 2.92 bits per heavy atom. The van der Waals surface area contributed by atoms with E-state index in [4.69, 9.17) is 25.6 Å². The molecular weight excluding hydrogens is 358 g/mol. The lowest BCUT2D eigenvalue weighted by atomic mass is 10.1. The highest BCUT2D eigenvalue weighted by Crippen LogP contribution is 2.24. The van der Waals surface area contributed by atoms with Crippen molar-refractivity contribution in [3.8, 4) is 0 Å². The number of rotatable bonds is 6. The number of hydrogen-bond acceptors (Lipinski definition) is 6. The van der Waals surface area contributed by atoms with Gasteiger partial charge in [0.1, 0.15) is 12.2 Å². The minimum Gasteiger partial charge on any atom is -0.374 e. The Bertz CT molecular complexity index is 734. The Hall–Kier alpha value is -1.96. The number of aryl methyl sites for hydroxylation is 1. The van der Waals surface area contributed by atoms with Crippen LogP contribution in [0.3, 0.4) is 0 Å². The van der Waals surface area contributed by atoms with E-state index >= 15 is 0 Å². The van der Waals surface area contributed by atoms with Gasteiger partial charge in [-0.1, -0.05) is 28.9 Å². The summed E-state index contributed by atoms with van der Waals surface area (Å²) in [6.07, 6.45) is 0.354. The predicted octanol–water partition coefficient (Wildman–Crippen LogP) is 2.96. The number of amides is 1. The summed E-state index contributed by atoms with van der Waals surface area (Å²) in [6, 6.07) is 7.51. The molecule has 1 aliphatic rings. The third kappa shape index (κ3) is 4.60. The van der Waals surface area contributed by atoms with Crippen LogP contribution in [0.15, 0.2) is 28.8 Å². The average Bonchev–Trinajstić information content (AvgIpc) is 3.15. The maximum Gasteiger partial charge on any atom is 0.227 e. The van der Waals surface area contributed by atoms with Crippen molar-refractivity contribution in [3.63, 3.8) is 0 Å². The van der Waals surface area contributed by atoms with Crippen molar-refractivity contribution in [1.29, 1.82) is 0 Å². The molecule has 0 saturated carbocycles. The van der Waals surface area contributed by atoms with Crippen LogP contribution in [0.5, 0.6) is 0 Å². The van der Waals surface area contributed by atoms with Gasteiger partial charge in [0.15, 0.2) is 5.82 Å². The Kier molecular flexibility index (Phi) is 6.24.